The smallest absolute Gasteiger partial charge is 0.273 e. The van der Waals surface area contributed by atoms with Gasteiger partial charge in [-0.15, -0.1) is 11.3 Å². The molecule has 1 unspecified atom stereocenters. The van der Waals surface area contributed by atoms with Gasteiger partial charge in [0.1, 0.15) is 5.69 Å². The molecular formula is C17H18N4O2S. The van der Waals surface area contributed by atoms with Crippen LogP contribution in [0.5, 0.6) is 0 Å². The van der Waals surface area contributed by atoms with Crippen molar-refractivity contribution in [1.29, 1.82) is 0 Å². The summed E-state index contributed by atoms with van der Waals surface area (Å²) in [7, 11) is 0. The number of ether oxygens (including phenoxy) is 1. The Balaban J connectivity index is 1.52. The number of fused-ring (bicyclic) bond motifs is 1. The van der Waals surface area contributed by atoms with Crippen LogP contribution in [0.25, 0.3) is 5.52 Å². The van der Waals surface area contributed by atoms with E-state index in [0.29, 0.717) is 32.0 Å². The van der Waals surface area contributed by atoms with Crippen molar-refractivity contribution < 1.29 is 9.53 Å². The summed E-state index contributed by atoms with van der Waals surface area (Å²) in [6, 6.07) is 4.08. The van der Waals surface area contributed by atoms with Gasteiger partial charge in [0, 0.05) is 43.0 Å². The summed E-state index contributed by atoms with van der Waals surface area (Å²) in [5, 5.41) is 1.80. The molecule has 0 aromatic carbocycles. The standard InChI is InChI=1S/C17H18N4O2S/c22-17(15-11-24-12-19-15)21-6-7-23-10-13(9-21)8-14-16-2-1-4-20(16)5-3-18-14/h1-5,11-13H,6-10H2. The van der Waals surface area contributed by atoms with Crippen molar-refractivity contribution in [3.8, 4) is 0 Å². The zero-order valence-electron chi connectivity index (χ0n) is 13.2. The largest absolute Gasteiger partial charge is 0.379 e. The number of rotatable bonds is 3. The third-order valence-corrected chi connectivity index (χ3v) is 4.88. The van der Waals surface area contributed by atoms with E-state index in [0.717, 1.165) is 17.6 Å². The molecule has 0 bridgehead atoms. The Kier molecular flexibility index (Phi) is 4.27. The lowest BCUT2D eigenvalue weighted by atomic mass is 10.0. The Morgan fingerprint density at radius 1 is 1.38 bits per heavy atom. The molecule has 3 aromatic heterocycles. The fourth-order valence-corrected chi connectivity index (χ4v) is 3.65. The van der Waals surface area contributed by atoms with Gasteiger partial charge in [0.05, 0.1) is 29.9 Å². The molecule has 3 aromatic rings. The van der Waals surface area contributed by atoms with Gasteiger partial charge in [-0.05, 0) is 18.6 Å². The highest BCUT2D eigenvalue weighted by atomic mass is 32.1. The van der Waals surface area contributed by atoms with Gasteiger partial charge in [0.15, 0.2) is 0 Å². The average Bonchev–Trinajstić information content (AvgIpc) is 3.24. The molecule has 6 nitrogen and oxygen atoms in total. The molecule has 1 saturated heterocycles. The first kappa shape index (κ1) is 15.3. The predicted molar refractivity (Wildman–Crippen MR) is 91.2 cm³/mol. The molecule has 7 heteroatoms. The summed E-state index contributed by atoms with van der Waals surface area (Å²) in [6.45, 7) is 2.48. The lowest BCUT2D eigenvalue weighted by Gasteiger charge is -2.23. The lowest BCUT2D eigenvalue weighted by molar-refractivity contribution is 0.0732. The van der Waals surface area contributed by atoms with Gasteiger partial charge in [-0.25, -0.2) is 4.98 Å². The first-order chi connectivity index (χ1) is 11.8. The van der Waals surface area contributed by atoms with Gasteiger partial charge in [-0.2, -0.15) is 0 Å². The van der Waals surface area contributed by atoms with Gasteiger partial charge in [-0.3, -0.25) is 9.78 Å². The Morgan fingerprint density at radius 3 is 3.21 bits per heavy atom. The SMILES string of the molecule is O=C(c1cscn1)N1CCOCC(Cc2nccn3cccc23)C1. The fraction of sp³-hybridized carbons (Fsp3) is 0.353. The van der Waals surface area contributed by atoms with Crippen LogP contribution < -0.4 is 0 Å². The average molecular weight is 342 g/mol. The van der Waals surface area contributed by atoms with Crippen molar-refractivity contribution in [1.82, 2.24) is 19.3 Å². The van der Waals surface area contributed by atoms with Crippen LogP contribution in [0.1, 0.15) is 16.2 Å². The van der Waals surface area contributed by atoms with Crippen LogP contribution in [0.15, 0.2) is 41.6 Å². The highest BCUT2D eigenvalue weighted by molar-refractivity contribution is 7.07. The van der Waals surface area contributed by atoms with E-state index in [1.165, 1.54) is 11.3 Å². The van der Waals surface area contributed by atoms with E-state index in [9.17, 15) is 4.79 Å². The third kappa shape index (κ3) is 3.05. The van der Waals surface area contributed by atoms with Crippen LogP contribution in [0.4, 0.5) is 0 Å². The second-order valence-corrected chi connectivity index (χ2v) is 6.66. The van der Waals surface area contributed by atoms with E-state index >= 15 is 0 Å². The summed E-state index contributed by atoms with van der Waals surface area (Å²) >= 11 is 1.44. The number of aromatic nitrogens is 3. The summed E-state index contributed by atoms with van der Waals surface area (Å²) < 4.78 is 7.79. The molecule has 0 spiro atoms. The number of thiazole rings is 1. The van der Waals surface area contributed by atoms with E-state index < -0.39 is 0 Å². The van der Waals surface area contributed by atoms with Crippen molar-refractivity contribution >= 4 is 22.8 Å². The zero-order chi connectivity index (χ0) is 16.4. The molecule has 0 radical (unpaired) electrons. The lowest BCUT2D eigenvalue weighted by Crippen LogP contribution is -2.36. The number of hydrogen-bond acceptors (Lipinski definition) is 5. The number of nitrogens with zero attached hydrogens (tertiary/aromatic N) is 4. The summed E-state index contributed by atoms with van der Waals surface area (Å²) in [4.78, 5) is 23.1. The van der Waals surface area contributed by atoms with Crippen LogP contribution >= 0.6 is 11.3 Å². The Labute approximate surface area is 143 Å². The molecule has 4 rings (SSSR count). The van der Waals surface area contributed by atoms with Crippen molar-refractivity contribution in [3.63, 3.8) is 0 Å². The summed E-state index contributed by atoms with van der Waals surface area (Å²) in [6.07, 6.45) is 6.57. The second kappa shape index (κ2) is 6.70. The minimum Gasteiger partial charge on any atom is -0.379 e. The van der Waals surface area contributed by atoms with Gasteiger partial charge in [-0.1, -0.05) is 0 Å². The minimum absolute atomic E-state index is 0.0133. The van der Waals surface area contributed by atoms with Crippen LogP contribution in [-0.4, -0.2) is 51.5 Å². The number of carbonyl (C=O) groups is 1. The highest BCUT2D eigenvalue weighted by Gasteiger charge is 2.25. The Bertz CT molecular complexity index is 830. The monoisotopic (exact) mass is 342 g/mol. The highest BCUT2D eigenvalue weighted by Crippen LogP contribution is 2.18. The van der Waals surface area contributed by atoms with Crippen LogP contribution in [0.2, 0.25) is 0 Å². The van der Waals surface area contributed by atoms with Crippen molar-refractivity contribution in [3.05, 3.63) is 53.0 Å². The van der Waals surface area contributed by atoms with Crippen LogP contribution in [0.3, 0.4) is 0 Å². The predicted octanol–water partition coefficient (Wildman–Crippen LogP) is 2.12. The number of amides is 1. The maximum Gasteiger partial charge on any atom is 0.273 e. The number of carbonyl (C=O) groups excluding carboxylic acids is 1. The van der Waals surface area contributed by atoms with E-state index in [4.69, 9.17) is 4.74 Å². The molecule has 1 fully saturated rings. The van der Waals surface area contributed by atoms with E-state index in [1.54, 1.807) is 10.9 Å². The Morgan fingerprint density at radius 2 is 2.33 bits per heavy atom. The molecule has 124 valence electrons. The van der Waals surface area contributed by atoms with Crippen LogP contribution in [0, 0.1) is 5.92 Å². The van der Waals surface area contributed by atoms with Gasteiger partial charge >= 0.3 is 0 Å². The van der Waals surface area contributed by atoms with E-state index in [1.807, 2.05) is 29.6 Å². The summed E-state index contributed by atoms with van der Waals surface area (Å²) in [5.74, 6) is 0.212. The minimum atomic E-state index is -0.0133. The van der Waals surface area contributed by atoms with Gasteiger partial charge in [0.25, 0.3) is 5.91 Å². The molecule has 0 N–H and O–H groups in total. The van der Waals surface area contributed by atoms with Crippen molar-refractivity contribution in [2.75, 3.05) is 26.3 Å². The molecule has 1 aliphatic heterocycles. The molecule has 1 aliphatic rings. The van der Waals surface area contributed by atoms with E-state index in [2.05, 4.69) is 20.4 Å². The molecule has 24 heavy (non-hydrogen) atoms. The third-order valence-electron chi connectivity index (χ3n) is 4.29. The maximum atomic E-state index is 12.6. The quantitative estimate of drug-likeness (QED) is 0.731. The van der Waals surface area contributed by atoms with E-state index in [-0.39, 0.29) is 11.8 Å². The zero-order valence-corrected chi connectivity index (χ0v) is 14.0. The van der Waals surface area contributed by atoms with Gasteiger partial charge < -0.3 is 14.0 Å². The maximum absolute atomic E-state index is 12.6. The molecule has 0 saturated carbocycles. The van der Waals surface area contributed by atoms with Crippen LogP contribution in [-0.2, 0) is 11.2 Å². The molecular weight excluding hydrogens is 324 g/mol. The molecule has 0 aliphatic carbocycles. The topological polar surface area (TPSA) is 59.7 Å². The molecule has 1 amide bonds. The molecule has 1 atom stereocenters. The summed E-state index contributed by atoms with van der Waals surface area (Å²) in [5.41, 5.74) is 4.36. The van der Waals surface area contributed by atoms with Crippen molar-refractivity contribution in [2.24, 2.45) is 5.92 Å². The fourth-order valence-electron chi connectivity index (χ4n) is 3.13. The molecule has 4 heterocycles. The van der Waals surface area contributed by atoms with Gasteiger partial charge in [0.2, 0.25) is 0 Å². The second-order valence-electron chi connectivity index (χ2n) is 5.94. The first-order valence-corrected chi connectivity index (χ1v) is 8.91. The first-order valence-electron chi connectivity index (χ1n) is 7.97. The number of hydrogen-bond donors (Lipinski definition) is 0. The van der Waals surface area contributed by atoms with Crippen molar-refractivity contribution in [2.45, 2.75) is 6.42 Å². The Hall–Kier alpha value is -2.25. The normalized spacial score (nSPS) is 18.7.